The molecule has 3 N–H and O–H groups in total. The maximum atomic E-state index is 5.67. The molecule has 4 nitrogen and oxygen atoms in total. The summed E-state index contributed by atoms with van der Waals surface area (Å²) in [5, 5.41) is 3.26. The Morgan fingerprint density at radius 3 is 2.50 bits per heavy atom. The van der Waals surface area contributed by atoms with Gasteiger partial charge in [0.1, 0.15) is 0 Å². The van der Waals surface area contributed by atoms with Gasteiger partial charge < -0.3 is 11.1 Å². The van der Waals surface area contributed by atoms with Crippen LogP contribution in [0.3, 0.4) is 0 Å². The molecule has 0 spiro atoms. The zero-order valence-corrected chi connectivity index (χ0v) is 10.8. The molecule has 0 unspecified atom stereocenters. The molecule has 1 heterocycles. The highest BCUT2D eigenvalue weighted by atomic mass is 15.1. The third-order valence-electron chi connectivity index (χ3n) is 2.43. The standard InChI is InChI=1S/C12H22N4/c1-8(2)10-6-9(3)14-11(15-10)16-12(4,5)7-13/h6,8H,7,13H2,1-5H3,(H,14,15,16). The molecule has 0 aliphatic carbocycles. The fraction of sp³-hybridized carbons (Fsp3) is 0.667. The molecule has 0 fully saturated rings. The van der Waals surface area contributed by atoms with Gasteiger partial charge in [-0.3, -0.25) is 0 Å². The second kappa shape index (κ2) is 4.78. The van der Waals surface area contributed by atoms with E-state index in [0.717, 1.165) is 11.4 Å². The van der Waals surface area contributed by atoms with Crippen LogP contribution in [-0.4, -0.2) is 22.1 Å². The van der Waals surface area contributed by atoms with Gasteiger partial charge in [0.15, 0.2) is 0 Å². The van der Waals surface area contributed by atoms with Crippen LogP contribution in [0.2, 0.25) is 0 Å². The van der Waals surface area contributed by atoms with Gasteiger partial charge in [-0.2, -0.15) is 0 Å². The smallest absolute Gasteiger partial charge is 0.223 e. The van der Waals surface area contributed by atoms with Crippen molar-refractivity contribution in [3.8, 4) is 0 Å². The number of nitrogens with two attached hydrogens (primary N) is 1. The molecule has 0 atom stereocenters. The van der Waals surface area contributed by atoms with Gasteiger partial charge in [0.05, 0.1) is 0 Å². The maximum absolute atomic E-state index is 5.67. The first kappa shape index (κ1) is 12.9. The molecule has 0 aliphatic heterocycles. The van der Waals surface area contributed by atoms with Gasteiger partial charge in [0.25, 0.3) is 0 Å². The average Bonchev–Trinajstić information content (AvgIpc) is 2.16. The van der Waals surface area contributed by atoms with Gasteiger partial charge in [-0.1, -0.05) is 13.8 Å². The van der Waals surface area contributed by atoms with Crippen molar-refractivity contribution in [2.24, 2.45) is 5.73 Å². The lowest BCUT2D eigenvalue weighted by molar-refractivity contribution is 0.572. The first-order valence-corrected chi connectivity index (χ1v) is 5.68. The predicted octanol–water partition coefficient (Wildman–Crippen LogP) is 2.06. The van der Waals surface area contributed by atoms with Crippen molar-refractivity contribution < 1.29 is 0 Å². The minimum Gasteiger partial charge on any atom is -0.348 e. The van der Waals surface area contributed by atoms with Gasteiger partial charge in [-0.15, -0.1) is 0 Å². The van der Waals surface area contributed by atoms with E-state index in [4.69, 9.17) is 5.73 Å². The fourth-order valence-electron chi connectivity index (χ4n) is 1.30. The van der Waals surface area contributed by atoms with E-state index in [1.165, 1.54) is 0 Å². The van der Waals surface area contributed by atoms with Crippen LogP contribution in [0.15, 0.2) is 6.07 Å². The molecular weight excluding hydrogens is 200 g/mol. The highest BCUT2D eigenvalue weighted by molar-refractivity contribution is 5.32. The Hall–Kier alpha value is -1.16. The van der Waals surface area contributed by atoms with Crippen molar-refractivity contribution in [3.63, 3.8) is 0 Å². The quantitative estimate of drug-likeness (QED) is 0.818. The van der Waals surface area contributed by atoms with Crippen molar-refractivity contribution in [2.45, 2.75) is 46.1 Å². The molecule has 0 saturated carbocycles. The molecule has 16 heavy (non-hydrogen) atoms. The number of aryl methyl sites for hydroxylation is 1. The Morgan fingerprint density at radius 2 is 2.00 bits per heavy atom. The second-order valence-corrected chi connectivity index (χ2v) is 5.13. The molecule has 0 radical (unpaired) electrons. The maximum Gasteiger partial charge on any atom is 0.223 e. The normalized spacial score (nSPS) is 11.9. The SMILES string of the molecule is Cc1cc(C(C)C)nc(NC(C)(C)CN)n1. The number of anilines is 1. The van der Waals surface area contributed by atoms with Crippen LogP contribution in [0, 0.1) is 6.92 Å². The summed E-state index contributed by atoms with van der Waals surface area (Å²) in [4.78, 5) is 8.86. The minimum atomic E-state index is -0.179. The minimum absolute atomic E-state index is 0.179. The van der Waals surface area contributed by atoms with E-state index in [1.54, 1.807) is 0 Å². The summed E-state index contributed by atoms with van der Waals surface area (Å²) in [7, 11) is 0. The molecule has 0 aliphatic rings. The molecule has 1 aromatic rings. The summed E-state index contributed by atoms with van der Waals surface area (Å²) in [6.45, 7) is 10.8. The van der Waals surface area contributed by atoms with Crippen molar-refractivity contribution in [1.29, 1.82) is 0 Å². The Morgan fingerprint density at radius 1 is 1.38 bits per heavy atom. The van der Waals surface area contributed by atoms with Gasteiger partial charge in [-0.25, -0.2) is 9.97 Å². The highest BCUT2D eigenvalue weighted by Gasteiger charge is 2.17. The number of rotatable bonds is 4. The summed E-state index contributed by atoms with van der Waals surface area (Å²) >= 11 is 0. The Balaban J connectivity index is 2.97. The largest absolute Gasteiger partial charge is 0.348 e. The van der Waals surface area contributed by atoms with Crippen LogP contribution in [0.25, 0.3) is 0 Å². The van der Waals surface area contributed by atoms with Gasteiger partial charge in [0, 0.05) is 23.5 Å². The summed E-state index contributed by atoms with van der Waals surface area (Å²) in [5.41, 5.74) is 7.53. The third-order valence-corrected chi connectivity index (χ3v) is 2.43. The first-order chi connectivity index (χ1) is 7.34. The van der Waals surface area contributed by atoms with Gasteiger partial charge >= 0.3 is 0 Å². The monoisotopic (exact) mass is 222 g/mol. The Kier molecular flexibility index (Phi) is 3.86. The summed E-state index contributed by atoms with van der Waals surface area (Å²) in [6.07, 6.45) is 0. The molecule has 0 saturated heterocycles. The van der Waals surface area contributed by atoms with E-state index in [0.29, 0.717) is 18.4 Å². The van der Waals surface area contributed by atoms with E-state index in [-0.39, 0.29) is 5.54 Å². The lowest BCUT2D eigenvalue weighted by Gasteiger charge is -2.24. The number of hydrogen-bond donors (Lipinski definition) is 2. The fourth-order valence-corrected chi connectivity index (χ4v) is 1.30. The molecule has 4 heteroatoms. The van der Waals surface area contributed by atoms with Crippen LogP contribution in [0.1, 0.15) is 45.0 Å². The Labute approximate surface area is 97.7 Å². The predicted molar refractivity (Wildman–Crippen MR) is 67.6 cm³/mol. The number of hydrogen-bond acceptors (Lipinski definition) is 4. The van der Waals surface area contributed by atoms with Crippen LogP contribution in [0.5, 0.6) is 0 Å². The van der Waals surface area contributed by atoms with E-state index >= 15 is 0 Å². The van der Waals surface area contributed by atoms with Crippen molar-refractivity contribution in [3.05, 3.63) is 17.5 Å². The van der Waals surface area contributed by atoms with Gasteiger partial charge in [-0.05, 0) is 32.8 Å². The van der Waals surface area contributed by atoms with E-state index in [9.17, 15) is 0 Å². The Bertz CT molecular complexity index is 358. The average molecular weight is 222 g/mol. The molecule has 0 amide bonds. The molecule has 0 aromatic carbocycles. The first-order valence-electron chi connectivity index (χ1n) is 5.68. The summed E-state index contributed by atoms with van der Waals surface area (Å²) in [5.74, 6) is 1.07. The van der Waals surface area contributed by atoms with E-state index in [2.05, 4.69) is 29.1 Å². The second-order valence-electron chi connectivity index (χ2n) is 5.13. The number of nitrogens with zero attached hydrogens (tertiary/aromatic N) is 2. The van der Waals surface area contributed by atoms with Crippen LogP contribution < -0.4 is 11.1 Å². The van der Waals surface area contributed by atoms with Crippen molar-refractivity contribution in [2.75, 3.05) is 11.9 Å². The molecular formula is C12H22N4. The zero-order chi connectivity index (χ0) is 12.3. The molecule has 1 rings (SSSR count). The van der Waals surface area contributed by atoms with Crippen molar-refractivity contribution >= 4 is 5.95 Å². The van der Waals surface area contributed by atoms with Crippen LogP contribution in [-0.2, 0) is 0 Å². The molecule has 1 aromatic heterocycles. The highest BCUT2D eigenvalue weighted by Crippen LogP contribution is 2.16. The summed E-state index contributed by atoms with van der Waals surface area (Å²) in [6, 6.07) is 2.02. The van der Waals surface area contributed by atoms with Crippen molar-refractivity contribution in [1.82, 2.24) is 9.97 Å². The molecule has 0 bridgehead atoms. The topological polar surface area (TPSA) is 63.8 Å². The van der Waals surface area contributed by atoms with Crippen LogP contribution >= 0.6 is 0 Å². The third kappa shape index (κ3) is 3.45. The van der Waals surface area contributed by atoms with E-state index < -0.39 is 0 Å². The number of aromatic nitrogens is 2. The molecule has 90 valence electrons. The zero-order valence-electron chi connectivity index (χ0n) is 10.8. The lowest BCUT2D eigenvalue weighted by atomic mass is 10.1. The summed E-state index contributed by atoms with van der Waals surface area (Å²) < 4.78 is 0. The van der Waals surface area contributed by atoms with Gasteiger partial charge in [0.2, 0.25) is 5.95 Å². The van der Waals surface area contributed by atoms with E-state index in [1.807, 2.05) is 26.8 Å². The number of nitrogens with one attached hydrogen (secondary N) is 1. The lowest BCUT2D eigenvalue weighted by Crippen LogP contribution is -2.39. The van der Waals surface area contributed by atoms with Crippen LogP contribution in [0.4, 0.5) is 5.95 Å².